The van der Waals surface area contributed by atoms with Gasteiger partial charge >= 0.3 is 0 Å². The van der Waals surface area contributed by atoms with E-state index in [9.17, 15) is 19.1 Å². The summed E-state index contributed by atoms with van der Waals surface area (Å²) in [4.78, 5) is 33.3. The summed E-state index contributed by atoms with van der Waals surface area (Å²) >= 11 is 0. The van der Waals surface area contributed by atoms with Gasteiger partial charge in [-0.1, -0.05) is 11.7 Å². The summed E-state index contributed by atoms with van der Waals surface area (Å²) < 4.78 is 13.2. The van der Waals surface area contributed by atoms with Crippen molar-refractivity contribution in [3.05, 3.63) is 77.4 Å². The van der Waals surface area contributed by atoms with Gasteiger partial charge in [0.05, 0.1) is 11.9 Å². The number of Topliss-reactive ketones (excluding diaryl/α,β-unsaturated/α-hetero) is 1. The molecule has 2 aromatic rings. The van der Waals surface area contributed by atoms with Crippen molar-refractivity contribution < 1.29 is 23.9 Å². The number of halogens is 1. The van der Waals surface area contributed by atoms with Crippen LogP contribution in [0, 0.1) is 11.7 Å². The van der Waals surface area contributed by atoms with Crippen LogP contribution in [0.25, 0.3) is 0 Å². The number of nitrogens with zero attached hydrogens (tertiary/aromatic N) is 2. The second kappa shape index (κ2) is 11.9. The Morgan fingerprint density at radius 1 is 1.08 bits per heavy atom. The minimum atomic E-state index is -1.38. The van der Waals surface area contributed by atoms with E-state index in [1.807, 2.05) is 37.4 Å². The van der Waals surface area contributed by atoms with Crippen molar-refractivity contribution in [3.63, 3.8) is 0 Å². The van der Waals surface area contributed by atoms with Gasteiger partial charge in [0.1, 0.15) is 17.2 Å². The van der Waals surface area contributed by atoms with Crippen molar-refractivity contribution >= 4 is 17.4 Å². The lowest BCUT2D eigenvalue weighted by molar-refractivity contribution is -0.00739. The standard InChI is InChI=1S/C30H37FN4O4/c1-21-20-35(33-39-21)27-4-2-3-24(19-27)29(37)32-26-11-5-22(6-12-26)13-16-34-17-14-30(38,15-18-34)28(36)23-7-9-25(31)10-8-23/h2-4,7-10,19-20,22,26,33,38H,5-6,11-18H2,1H3,(H,32,37). The Bertz CT molecular complexity index is 1200. The number of benzene rings is 2. The largest absolute Gasteiger partial charge is 0.392 e. The molecule has 3 aliphatic rings. The van der Waals surface area contributed by atoms with Crippen LogP contribution in [0.15, 0.2) is 60.5 Å². The summed E-state index contributed by atoms with van der Waals surface area (Å²) in [6.07, 6.45) is 7.76. The fourth-order valence-corrected chi connectivity index (χ4v) is 5.75. The van der Waals surface area contributed by atoms with Gasteiger partial charge in [0.2, 0.25) is 0 Å². The van der Waals surface area contributed by atoms with Crippen LogP contribution in [0.1, 0.15) is 72.6 Å². The number of carbonyl (C=O) groups excluding carboxylic acids is 2. The molecule has 208 valence electrons. The topological polar surface area (TPSA) is 94.1 Å². The van der Waals surface area contributed by atoms with E-state index in [-0.39, 0.29) is 17.7 Å². The maximum absolute atomic E-state index is 13.2. The molecule has 2 fully saturated rings. The van der Waals surface area contributed by atoms with Gasteiger partial charge in [0, 0.05) is 30.3 Å². The number of aliphatic hydroxyl groups is 1. The zero-order valence-corrected chi connectivity index (χ0v) is 22.4. The summed E-state index contributed by atoms with van der Waals surface area (Å²) in [6, 6.07) is 13.0. The van der Waals surface area contributed by atoms with Crippen LogP contribution in [0.3, 0.4) is 0 Å². The van der Waals surface area contributed by atoms with E-state index in [0.717, 1.165) is 50.1 Å². The molecule has 8 nitrogen and oxygen atoms in total. The zero-order valence-electron chi connectivity index (χ0n) is 22.4. The highest BCUT2D eigenvalue weighted by Crippen LogP contribution is 2.30. The molecule has 2 heterocycles. The highest BCUT2D eigenvalue weighted by molar-refractivity contribution is 6.02. The van der Waals surface area contributed by atoms with Crippen LogP contribution in [0.4, 0.5) is 10.1 Å². The summed E-state index contributed by atoms with van der Waals surface area (Å²) in [5, 5.41) is 15.9. The van der Waals surface area contributed by atoms with Gasteiger partial charge in [-0.3, -0.25) is 9.59 Å². The third kappa shape index (κ3) is 6.66. The number of hydrogen-bond donors (Lipinski definition) is 3. The van der Waals surface area contributed by atoms with Gasteiger partial charge in [-0.2, -0.15) is 0 Å². The Kier molecular flexibility index (Phi) is 8.30. The molecule has 39 heavy (non-hydrogen) atoms. The average molecular weight is 537 g/mol. The van der Waals surface area contributed by atoms with E-state index < -0.39 is 11.4 Å². The highest BCUT2D eigenvalue weighted by Gasteiger charge is 2.39. The maximum atomic E-state index is 13.2. The molecule has 1 saturated carbocycles. The van der Waals surface area contributed by atoms with E-state index >= 15 is 0 Å². The number of hydrogen-bond acceptors (Lipinski definition) is 7. The van der Waals surface area contributed by atoms with Gasteiger partial charge in [-0.05, 0) is 107 Å². The molecule has 0 bridgehead atoms. The number of allylic oxidation sites excluding steroid dienone is 1. The molecule has 0 aromatic heterocycles. The number of piperidine rings is 1. The molecule has 3 N–H and O–H groups in total. The number of anilines is 1. The molecule has 1 aliphatic carbocycles. The first-order chi connectivity index (χ1) is 18.8. The van der Waals surface area contributed by atoms with E-state index in [0.29, 0.717) is 43.0 Å². The summed E-state index contributed by atoms with van der Waals surface area (Å²) in [5.74, 6) is 0.592. The molecular weight excluding hydrogens is 499 g/mol. The molecule has 5 rings (SSSR count). The van der Waals surface area contributed by atoms with Crippen molar-refractivity contribution in [2.75, 3.05) is 24.6 Å². The quantitative estimate of drug-likeness (QED) is 0.433. The van der Waals surface area contributed by atoms with Gasteiger partial charge in [-0.25, -0.2) is 9.40 Å². The smallest absolute Gasteiger partial charge is 0.251 e. The predicted octanol–water partition coefficient (Wildman–Crippen LogP) is 4.33. The van der Waals surface area contributed by atoms with Gasteiger partial charge in [-0.15, -0.1) is 0 Å². The fourth-order valence-electron chi connectivity index (χ4n) is 5.75. The minimum Gasteiger partial charge on any atom is -0.392 e. The number of likely N-dealkylation sites (tertiary alicyclic amines) is 1. The van der Waals surface area contributed by atoms with E-state index in [4.69, 9.17) is 4.84 Å². The molecule has 0 radical (unpaired) electrons. The number of rotatable bonds is 8. The molecule has 0 unspecified atom stereocenters. The summed E-state index contributed by atoms with van der Waals surface area (Å²) in [6.45, 7) is 4.13. The van der Waals surface area contributed by atoms with Gasteiger partial charge in [0.15, 0.2) is 5.78 Å². The highest BCUT2D eigenvalue weighted by atomic mass is 19.1. The first-order valence-electron chi connectivity index (χ1n) is 13.9. The Morgan fingerprint density at radius 3 is 2.46 bits per heavy atom. The van der Waals surface area contributed by atoms with Crippen LogP contribution in [-0.2, 0) is 4.84 Å². The zero-order chi connectivity index (χ0) is 27.4. The normalized spacial score (nSPS) is 23.2. The monoisotopic (exact) mass is 536 g/mol. The maximum Gasteiger partial charge on any atom is 0.251 e. The molecular formula is C30H37FN4O4. The summed E-state index contributed by atoms with van der Waals surface area (Å²) in [5.41, 5.74) is 3.23. The Hall–Kier alpha value is -3.27. The molecule has 9 heteroatoms. The lowest BCUT2D eigenvalue weighted by Gasteiger charge is -2.38. The number of hydrazine groups is 1. The van der Waals surface area contributed by atoms with Crippen LogP contribution in [0.5, 0.6) is 0 Å². The Morgan fingerprint density at radius 2 is 1.79 bits per heavy atom. The third-order valence-electron chi connectivity index (χ3n) is 8.25. The first kappa shape index (κ1) is 27.3. The molecule has 2 aromatic carbocycles. The van der Waals surface area contributed by atoms with E-state index in [2.05, 4.69) is 15.8 Å². The van der Waals surface area contributed by atoms with E-state index in [1.165, 1.54) is 24.3 Å². The fraction of sp³-hybridized carbons (Fsp3) is 0.467. The number of amides is 1. The second-order valence-corrected chi connectivity index (χ2v) is 11.0. The first-order valence-corrected chi connectivity index (χ1v) is 13.9. The Labute approximate surface area is 228 Å². The molecule has 1 saturated heterocycles. The van der Waals surface area contributed by atoms with Crippen LogP contribution < -0.4 is 15.9 Å². The van der Waals surface area contributed by atoms with Crippen molar-refractivity contribution in [2.24, 2.45) is 5.92 Å². The summed E-state index contributed by atoms with van der Waals surface area (Å²) in [7, 11) is 0. The van der Waals surface area contributed by atoms with E-state index in [1.54, 1.807) is 5.01 Å². The van der Waals surface area contributed by atoms with Crippen molar-refractivity contribution in [1.29, 1.82) is 0 Å². The van der Waals surface area contributed by atoms with Crippen LogP contribution in [0.2, 0.25) is 0 Å². The molecule has 0 spiro atoms. The van der Waals surface area contributed by atoms with Crippen molar-refractivity contribution in [1.82, 2.24) is 15.8 Å². The van der Waals surface area contributed by atoms with Gasteiger partial charge in [0.25, 0.3) is 5.91 Å². The SMILES string of the molecule is CC1=CN(c2cccc(C(=O)NC3CCC(CCN4CCC(O)(C(=O)c5ccc(F)cc5)CC4)CC3)c2)NO1. The van der Waals surface area contributed by atoms with Gasteiger partial charge < -0.3 is 20.2 Å². The third-order valence-corrected chi connectivity index (χ3v) is 8.25. The predicted molar refractivity (Wildman–Crippen MR) is 146 cm³/mol. The van der Waals surface area contributed by atoms with Crippen molar-refractivity contribution in [2.45, 2.75) is 63.5 Å². The molecule has 2 aliphatic heterocycles. The lowest BCUT2D eigenvalue weighted by Crippen LogP contribution is -2.49. The molecule has 0 atom stereocenters. The van der Waals surface area contributed by atoms with Crippen LogP contribution in [-0.4, -0.2) is 53.0 Å². The Balaban J connectivity index is 1.03. The van der Waals surface area contributed by atoms with Crippen LogP contribution >= 0.6 is 0 Å². The number of nitrogens with one attached hydrogen (secondary N) is 2. The minimum absolute atomic E-state index is 0.0582. The average Bonchev–Trinajstić information content (AvgIpc) is 3.40. The molecule has 1 amide bonds. The number of ketones is 1. The lowest BCUT2D eigenvalue weighted by atomic mass is 9.82. The van der Waals surface area contributed by atoms with Crippen molar-refractivity contribution in [3.8, 4) is 0 Å². The second-order valence-electron chi connectivity index (χ2n) is 11.0. The number of carbonyl (C=O) groups is 2.